The van der Waals surface area contributed by atoms with E-state index in [4.69, 9.17) is 11.6 Å². The predicted molar refractivity (Wildman–Crippen MR) is 84.0 cm³/mol. The number of piperidine rings is 1. The Labute approximate surface area is 130 Å². The second-order valence-electron chi connectivity index (χ2n) is 5.41. The number of sulfonamides is 1. The van der Waals surface area contributed by atoms with Gasteiger partial charge in [0, 0.05) is 23.8 Å². The van der Waals surface area contributed by atoms with Crippen LogP contribution in [0.5, 0.6) is 0 Å². The molecule has 0 spiro atoms. The first-order valence-electron chi connectivity index (χ1n) is 6.79. The first-order valence-corrected chi connectivity index (χ1v) is 9.02. The molecule has 1 unspecified atom stereocenters. The number of nitrogens with one attached hydrogen (secondary N) is 1. The van der Waals surface area contributed by atoms with Gasteiger partial charge in [0.1, 0.15) is 0 Å². The van der Waals surface area contributed by atoms with Crippen molar-refractivity contribution in [2.24, 2.45) is 5.92 Å². The molecule has 1 saturated heterocycles. The molecule has 116 valence electrons. The molecule has 1 aromatic rings. The Morgan fingerprint density at radius 3 is 2.76 bits per heavy atom. The van der Waals surface area contributed by atoms with Gasteiger partial charge in [-0.15, -0.1) is 0 Å². The number of rotatable bonds is 3. The van der Waals surface area contributed by atoms with Crippen molar-refractivity contribution in [3.63, 3.8) is 0 Å². The summed E-state index contributed by atoms with van der Waals surface area (Å²) < 4.78 is 24.5. The van der Waals surface area contributed by atoms with Gasteiger partial charge in [-0.1, -0.05) is 17.7 Å². The predicted octanol–water partition coefficient (Wildman–Crippen LogP) is 2.26. The number of hydrogen-bond acceptors (Lipinski definition) is 3. The van der Waals surface area contributed by atoms with Gasteiger partial charge in [-0.05, 0) is 37.5 Å². The van der Waals surface area contributed by atoms with Crippen LogP contribution in [0.15, 0.2) is 18.2 Å². The van der Waals surface area contributed by atoms with Crippen molar-refractivity contribution < 1.29 is 13.2 Å². The molecule has 0 bridgehead atoms. The van der Waals surface area contributed by atoms with E-state index in [9.17, 15) is 13.2 Å². The van der Waals surface area contributed by atoms with E-state index in [2.05, 4.69) is 5.32 Å². The zero-order chi connectivity index (χ0) is 15.6. The largest absolute Gasteiger partial charge is 0.326 e. The van der Waals surface area contributed by atoms with Crippen molar-refractivity contribution >= 4 is 33.2 Å². The molecule has 5 nitrogen and oxygen atoms in total. The van der Waals surface area contributed by atoms with Gasteiger partial charge in [0.15, 0.2) is 0 Å². The molecular weight excluding hydrogens is 312 g/mol. The minimum absolute atomic E-state index is 0.164. The number of carbonyl (C=O) groups excluding carboxylic acids is 1. The minimum atomic E-state index is -3.25. The number of benzene rings is 1. The number of nitrogens with zero attached hydrogens (tertiary/aromatic N) is 1. The fraction of sp³-hybridized carbons (Fsp3) is 0.500. The zero-order valence-electron chi connectivity index (χ0n) is 12.1. The molecule has 1 amide bonds. The Hall–Kier alpha value is -1.11. The van der Waals surface area contributed by atoms with Gasteiger partial charge >= 0.3 is 0 Å². The fourth-order valence-corrected chi connectivity index (χ4v) is 3.46. The Bertz CT molecular complexity index is 646. The van der Waals surface area contributed by atoms with Crippen LogP contribution in [0.25, 0.3) is 0 Å². The summed E-state index contributed by atoms with van der Waals surface area (Å²) in [6, 6.07) is 5.32. The summed E-state index contributed by atoms with van der Waals surface area (Å²) in [5.74, 6) is -0.489. The average molecular weight is 331 g/mol. The highest BCUT2D eigenvalue weighted by Gasteiger charge is 2.30. The lowest BCUT2D eigenvalue weighted by Gasteiger charge is -2.30. The maximum Gasteiger partial charge on any atom is 0.228 e. The van der Waals surface area contributed by atoms with Crippen LogP contribution in [-0.2, 0) is 14.8 Å². The maximum absolute atomic E-state index is 12.3. The molecular formula is C14H19ClN2O3S. The summed E-state index contributed by atoms with van der Waals surface area (Å²) in [5.41, 5.74) is 1.57. The molecule has 1 aromatic carbocycles. The normalized spacial score (nSPS) is 20.2. The number of anilines is 1. The molecule has 0 radical (unpaired) electrons. The van der Waals surface area contributed by atoms with Crippen molar-refractivity contribution in [3.8, 4) is 0 Å². The first-order chi connectivity index (χ1) is 9.77. The molecule has 1 heterocycles. The molecule has 2 rings (SSSR count). The number of halogens is 1. The number of aryl methyl sites for hydroxylation is 1. The summed E-state index contributed by atoms with van der Waals surface area (Å²) in [6.45, 7) is 2.61. The van der Waals surface area contributed by atoms with Crippen LogP contribution >= 0.6 is 11.6 Å². The van der Waals surface area contributed by atoms with E-state index in [0.717, 1.165) is 5.56 Å². The molecule has 0 aliphatic carbocycles. The van der Waals surface area contributed by atoms with Gasteiger partial charge < -0.3 is 5.32 Å². The van der Waals surface area contributed by atoms with Gasteiger partial charge in [-0.3, -0.25) is 4.79 Å². The molecule has 1 aliphatic rings. The maximum atomic E-state index is 12.3. The van der Waals surface area contributed by atoms with Crippen LogP contribution in [0.4, 0.5) is 5.69 Å². The highest BCUT2D eigenvalue weighted by Crippen LogP contribution is 2.23. The first kappa shape index (κ1) is 16.3. The van der Waals surface area contributed by atoms with E-state index in [1.807, 2.05) is 13.0 Å². The van der Waals surface area contributed by atoms with Crippen LogP contribution in [-0.4, -0.2) is 38.0 Å². The van der Waals surface area contributed by atoms with Crippen LogP contribution in [0.2, 0.25) is 5.02 Å². The standard InChI is InChI=1S/C14H19ClN2O3S/c1-10-5-6-12(8-13(10)15)16-14(18)11-4-3-7-17(9-11)21(2,19)20/h5-6,8,11H,3-4,7,9H2,1-2H3,(H,16,18). The second-order valence-corrected chi connectivity index (χ2v) is 7.80. The van der Waals surface area contributed by atoms with Gasteiger partial charge in [0.05, 0.1) is 12.2 Å². The van der Waals surface area contributed by atoms with Crippen LogP contribution in [0, 0.1) is 12.8 Å². The summed E-state index contributed by atoms with van der Waals surface area (Å²) >= 11 is 6.03. The molecule has 1 atom stereocenters. The lowest BCUT2D eigenvalue weighted by Crippen LogP contribution is -2.43. The molecule has 1 N–H and O–H groups in total. The molecule has 21 heavy (non-hydrogen) atoms. The second kappa shape index (κ2) is 6.34. The molecule has 0 aromatic heterocycles. The van der Waals surface area contributed by atoms with Gasteiger partial charge in [-0.2, -0.15) is 0 Å². The van der Waals surface area contributed by atoms with E-state index >= 15 is 0 Å². The molecule has 0 saturated carbocycles. The Kier molecular flexibility index (Phi) is 4.91. The fourth-order valence-electron chi connectivity index (χ4n) is 2.37. The smallest absolute Gasteiger partial charge is 0.228 e. The van der Waals surface area contributed by atoms with Crippen molar-refractivity contribution in [2.45, 2.75) is 19.8 Å². The topological polar surface area (TPSA) is 66.5 Å². The molecule has 7 heteroatoms. The van der Waals surface area contributed by atoms with E-state index in [1.54, 1.807) is 12.1 Å². The number of carbonyl (C=O) groups is 1. The van der Waals surface area contributed by atoms with Crippen molar-refractivity contribution in [3.05, 3.63) is 28.8 Å². The van der Waals surface area contributed by atoms with Crippen molar-refractivity contribution in [1.82, 2.24) is 4.31 Å². The summed E-state index contributed by atoms with van der Waals surface area (Å²) in [6.07, 6.45) is 2.56. The lowest BCUT2D eigenvalue weighted by molar-refractivity contribution is -0.120. The third-order valence-electron chi connectivity index (χ3n) is 3.66. The third kappa shape index (κ3) is 4.18. The Balaban J connectivity index is 2.04. The van der Waals surface area contributed by atoms with Crippen LogP contribution in [0.1, 0.15) is 18.4 Å². The summed E-state index contributed by atoms with van der Waals surface area (Å²) in [5, 5.41) is 3.40. The number of amides is 1. The highest BCUT2D eigenvalue weighted by molar-refractivity contribution is 7.88. The van der Waals surface area contributed by atoms with Crippen LogP contribution in [0.3, 0.4) is 0 Å². The SMILES string of the molecule is Cc1ccc(NC(=O)C2CCCN(S(C)(=O)=O)C2)cc1Cl. The van der Waals surface area contributed by atoms with Gasteiger partial charge in [-0.25, -0.2) is 12.7 Å². The Morgan fingerprint density at radius 2 is 2.14 bits per heavy atom. The Morgan fingerprint density at radius 1 is 1.43 bits per heavy atom. The zero-order valence-corrected chi connectivity index (χ0v) is 13.7. The van der Waals surface area contributed by atoms with Crippen molar-refractivity contribution in [2.75, 3.05) is 24.7 Å². The van der Waals surface area contributed by atoms with Crippen molar-refractivity contribution in [1.29, 1.82) is 0 Å². The van der Waals surface area contributed by atoms with Gasteiger partial charge in [0.2, 0.25) is 15.9 Å². The van der Waals surface area contributed by atoms with Crippen LogP contribution < -0.4 is 5.32 Å². The number of hydrogen-bond donors (Lipinski definition) is 1. The molecule has 1 fully saturated rings. The average Bonchev–Trinajstić information content (AvgIpc) is 2.42. The van der Waals surface area contributed by atoms with E-state index in [-0.39, 0.29) is 18.4 Å². The monoisotopic (exact) mass is 330 g/mol. The van der Waals surface area contributed by atoms with Gasteiger partial charge in [0.25, 0.3) is 0 Å². The van der Waals surface area contributed by atoms with E-state index in [0.29, 0.717) is 30.1 Å². The highest BCUT2D eigenvalue weighted by atomic mass is 35.5. The minimum Gasteiger partial charge on any atom is -0.326 e. The quantitative estimate of drug-likeness (QED) is 0.924. The van der Waals surface area contributed by atoms with E-state index < -0.39 is 10.0 Å². The summed E-state index contributed by atoms with van der Waals surface area (Å²) in [7, 11) is -3.25. The third-order valence-corrected chi connectivity index (χ3v) is 5.34. The lowest BCUT2D eigenvalue weighted by atomic mass is 9.98. The molecule has 1 aliphatic heterocycles. The van der Waals surface area contributed by atoms with E-state index in [1.165, 1.54) is 10.6 Å². The summed E-state index contributed by atoms with van der Waals surface area (Å²) in [4.78, 5) is 12.3.